The average Bonchev–Trinajstić information content (AvgIpc) is 2.42. The number of piperidine rings is 1. The van der Waals surface area contributed by atoms with Gasteiger partial charge in [0.25, 0.3) is 0 Å². The van der Waals surface area contributed by atoms with Crippen molar-refractivity contribution in [3.63, 3.8) is 0 Å². The zero-order valence-corrected chi connectivity index (χ0v) is 11.4. The lowest BCUT2D eigenvalue weighted by molar-refractivity contribution is -0.129. The maximum absolute atomic E-state index is 13.5. The Balaban J connectivity index is 1.87. The maximum Gasteiger partial charge on any atom is 0.226 e. The van der Waals surface area contributed by atoms with Crippen molar-refractivity contribution < 1.29 is 9.18 Å². The molecule has 104 valence electrons. The van der Waals surface area contributed by atoms with Crippen molar-refractivity contribution in [2.45, 2.75) is 19.3 Å². The average molecular weight is 264 g/mol. The molecule has 1 saturated heterocycles. The molecule has 0 aromatic heterocycles. The molecule has 1 atom stereocenters. The molecule has 1 aromatic carbocycles. The van der Waals surface area contributed by atoms with Gasteiger partial charge in [0.1, 0.15) is 5.82 Å². The first-order valence-electron chi connectivity index (χ1n) is 6.85. The quantitative estimate of drug-likeness (QED) is 0.900. The van der Waals surface area contributed by atoms with Gasteiger partial charge in [0.15, 0.2) is 0 Å². The lowest BCUT2D eigenvalue weighted by Crippen LogP contribution is -2.39. The smallest absolute Gasteiger partial charge is 0.226 e. The van der Waals surface area contributed by atoms with E-state index in [1.165, 1.54) is 12.5 Å². The molecule has 0 aliphatic carbocycles. The van der Waals surface area contributed by atoms with Gasteiger partial charge in [-0.25, -0.2) is 4.39 Å². The van der Waals surface area contributed by atoms with E-state index in [0.29, 0.717) is 11.5 Å². The number of amides is 1. The van der Waals surface area contributed by atoms with Gasteiger partial charge in [-0.2, -0.15) is 0 Å². The molecule has 0 spiro atoms. The summed E-state index contributed by atoms with van der Waals surface area (Å²) in [5.74, 6) is 0.197. The van der Waals surface area contributed by atoms with E-state index in [9.17, 15) is 9.18 Å². The predicted octanol–water partition coefficient (Wildman–Crippen LogP) is 1.83. The van der Waals surface area contributed by atoms with E-state index < -0.39 is 0 Å². The Morgan fingerprint density at radius 2 is 2.26 bits per heavy atom. The van der Waals surface area contributed by atoms with E-state index in [0.717, 1.165) is 26.1 Å². The molecular formula is C15H21FN2O. The van der Waals surface area contributed by atoms with Gasteiger partial charge in [0.2, 0.25) is 5.91 Å². The van der Waals surface area contributed by atoms with Crippen LogP contribution in [0.25, 0.3) is 0 Å². The Hall–Kier alpha value is -1.42. The number of nitrogens with zero attached hydrogens (tertiary/aromatic N) is 1. The van der Waals surface area contributed by atoms with Crippen LogP contribution in [-0.4, -0.2) is 37.5 Å². The zero-order chi connectivity index (χ0) is 13.7. The van der Waals surface area contributed by atoms with Gasteiger partial charge in [0, 0.05) is 13.6 Å². The van der Waals surface area contributed by atoms with Crippen LogP contribution in [0.3, 0.4) is 0 Å². The molecule has 1 aromatic rings. The van der Waals surface area contributed by atoms with Crippen LogP contribution >= 0.6 is 0 Å². The highest BCUT2D eigenvalue weighted by Gasteiger charge is 2.18. The highest BCUT2D eigenvalue weighted by atomic mass is 19.1. The summed E-state index contributed by atoms with van der Waals surface area (Å²) in [7, 11) is 1.80. The minimum atomic E-state index is -0.302. The first-order valence-corrected chi connectivity index (χ1v) is 6.85. The van der Waals surface area contributed by atoms with Crippen LogP contribution in [0.4, 0.5) is 4.39 Å². The predicted molar refractivity (Wildman–Crippen MR) is 73.3 cm³/mol. The van der Waals surface area contributed by atoms with Crippen molar-refractivity contribution >= 4 is 5.91 Å². The summed E-state index contributed by atoms with van der Waals surface area (Å²) >= 11 is 0. The van der Waals surface area contributed by atoms with Crippen LogP contribution in [-0.2, 0) is 11.2 Å². The van der Waals surface area contributed by atoms with Gasteiger partial charge in [-0.1, -0.05) is 18.2 Å². The molecule has 0 saturated carbocycles. The Kier molecular flexibility index (Phi) is 4.91. The van der Waals surface area contributed by atoms with E-state index in [-0.39, 0.29) is 18.1 Å². The summed E-state index contributed by atoms with van der Waals surface area (Å²) in [5, 5.41) is 3.34. The van der Waals surface area contributed by atoms with E-state index in [1.54, 1.807) is 30.1 Å². The summed E-state index contributed by atoms with van der Waals surface area (Å²) < 4.78 is 13.5. The van der Waals surface area contributed by atoms with Gasteiger partial charge >= 0.3 is 0 Å². The number of nitrogens with one attached hydrogen (secondary N) is 1. The Labute approximate surface area is 113 Å². The number of rotatable bonds is 4. The summed E-state index contributed by atoms with van der Waals surface area (Å²) in [6.07, 6.45) is 2.47. The van der Waals surface area contributed by atoms with Crippen molar-refractivity contribution in [2.24, 2.45) is 5.92 Å². The number of likely N-dealkylation sites (N-methyl/N-ethyl adjacent to an activating group) is 1. The van der Waals surface area contributed by atoms with Crippen molar-refractivity contribution in [3.05, 3.63) is 35.6 Å². The van der Waals surface area contributed by atoms with Crippen molar-refractivity contribution in [1.82, 2.24) is 10.2 Å². The standard InChI is InChI=1S/C15H21FN2O/c1-18(11-12-5-4-8-17-10-12)15(19)9-13-6-2-3-7-14(13)16/h2-3,6-7,12,17H,4-5,8-11H2,1H3. The molecule has 1 aliphatic rings. The number of halogens is 1. The molecule has 1 N–H and O–H groups in total. The molecule has 2 rings (SSSR count). The van der Waals surface area contributed by atoms with Crippen LogP contribution in [0.5, 0.6) is 0 Å². The fourth-order valence-corrected chi connectivity index (χ4v) is 2.51. The van der Waals surface area contributed by atoms with E-state index >= 15 is 0 Å². The number of benzene rings is 1. The van der Waals surface area contributed by atoms with Crippen LogP contribution in [0.2, 0.25) is 0 Å². The van der Waals surface area contributed by atoms with Gasteiger partial charge in [-0.05, 0) is 43.5 Å². The Morgan fingerprint density at radius 3 is 2.95 bits per heavy atom. The summed E-state index contributed by atoms with van der Waals surface area (Å²) in [5.41, 5.74) is 0.473. The SMILES string of the molecule is CN(CC1CCCNC1)C(=O)Cc1ccccc1F. The molecule has 1 amide bonds. The number of carbonyl (C=O) groups is 1. The Morgan fingerprint density at radius 1 is 1.47 bits per heavy atom. The second-order valence-corrected chi connectivity index (χ2v) is 5.25. The third-order valence-electron chi connectivity index (χ3n) is 3.66. The Bertz CT molecular complexity index is 430. The lowest BCUT2D eigenvalue weighted by atomic mass is 9.99. The maximum atomic E-state index is 13.5. The van der Waals surface area contributed by atoms with E-state index in [4.69, 9.17) is 0 Å². The van der Waals surface area contributed by atoms with Gasteiger partial charge < -0.3 is 10.2 Å². The molecule has 1 fully saturated rings. The molecule has 4 heteroatoms. The highest BCUT2D eigenvalue weighted by Crippen LogP contribution is 2.13. The first kappa shape index (κ1) is 14.0. The van der Waals surface area contributed by atoms with Gasteiger partial charge in [-0.15, -0.1) is 0 Å². The molecular weight excluding hydrogens is 243 g/mol. The normalized spacial score (nSPS) is 19.2. The van der Waals surface area contributed by atoms with Gasteiger partial charge in [0.05, 0.1) is 6.42 Å². The van der Waals surface area contributed by atoms with Crippen LogP contribution in [0, 0.1) is 11.7 Å². The number of hydrogen-bond acceptors (Lipinski definition) is 2. The molecule has 19 heavy (non-hydrogen) atoms. The van der Waals surface area contributed by atoms with Crippen LogP contribution < -0.4 is 5.32 Å². The fraction of sp³-hybridized carbons (Fsp3) is 0.533. The second-order valence-electron chi connectivity index (χ2n) is 5.25. The largest absolute Gasteiger partial charge is 0.345 e. The molecule has 0 radical (unpaired) electrons. The lowest BCUT2D eigenvalue weighted by Gasteiger charge is -2.27. The van der Waals surface area contributed by atoms with Crippen molar-refractivity contribution in [3.8, 4) is 0 Å². The first-order chi connectivity index (χ1) is 9.16. The minimum absolute atomic E-state index is 0.0179. The number of carbonyl (C=O) groups excluding carboxylic acids is 1. The monoisotopic (exact) mass is 264 g/mol. The minimum Gasteiger partial charge on any atom is -0.345 e. The van der Waals surface area contributed by atoms with Crippen molar-refractivity contribution in [1.29, 1.82) is 0 Å². The molecule has 0 bridgehead atoms. The molecule has 1 aliphatic heterocycles. The number of hydrogen-bond donors (Lipinski definition) is 1. The molecule has 1 heterocycles. The third-order valence-corrected chi connectivity index (χ3v) is 3.66. The van der Waals surface area contributed by atoms with Crippen molar-refractivity contribution in [2.75, 3.05) is 26.7 Å². The fourth-order valence-electron chi connectivity index (χ4n) is 2.51. The molecule has 1 unspecified atom stereocenters. The molecule has 3 nitrogen and oxygen atoms in total. The topological polar surface area (TPSA) is 32.3 Å². The van der Waals surface area contributed by atoms with Gasteiger partial charge in [-0.3, -0.25) is 4.79 Å². The summed E-state index contributed by atoms with van der Waals surface area (Å²) in [4.78, 5) is 13.8. The second kappa shape index (κ2) is 6.66. The van der Waals surface area contributed by atoms with Crippen LogP contribution in [0.15, 0.2) is 24.3 Å². The third kappa shape index (κ3) is 4.03. The summed E-state index contributed by atoms with van der Waals surface area (Å²) in [6.45, 7) is 2.79. The summed E-state index contributed by atoms with van der Waals surface area (Å²) in [6, 6.07) is 6.47. The highest BCUT2D eigenvalue weighted by molar-refractivity contribution is 5.78. The van der Waals surface area contributed by atoms with E-state index in [1.807, 2.05) is 0 Å². The zero-order valence-electron chi connectivity index (χ0n) is 11.4. The van der Waals surface area contributed by atoms with E-state index in [2.05, 4.69) is 5.32 Å². The van der Waals surface area contributed by atoms with Crippen LogP contribution in [0.1, 0.15) is 18.4 Å².